The van der Waals surface area contributed by atoms with Gasteiger partial charge in [0.1, 0.15) is 0 Å². The van der Waals surface area contributed by atoms with Gasteiger partial charge in [0.2, 0.25) is 0 Å². The Morgan fingerprint density at radius 2 is 2.18 bits per heavy atom. The molecule has 0 aliphatic heterocycles. The maximum atomic E-state index is 8.45. The normalized spacial score (nSPS) is 12.5. The second-order valence-corrected chi connectivity index (χ2v) is 2.59. The molecule has 0 radical (unpaired) electrons. The summed E-state index contributed by atoms with van der Waals surface area (Å²) >= 11 is 0. The van der Waals surface area contributed by atoms with Crippen LogP contribution in [0, 0.1) is 11.3 Å². The van der Waals surface area contributed by atoms with Crippen LogP contribution >= 0.6 is 0 Å². The molecule has 0 rings (SSSR count). The van der Waals surface area contributed by atoms with Crippen molar-refractivity contribution >= 4 is 0 Å². The number of nitrogens with one attached hydrogen (secondary N) is 1. The van der Waals surface area contributed by atoms with Crippen molar-refractivity contribution in [2.75, 3.05) is 13.2 Å². The number of unbranched alkanes of at least 4 members (excludes halogenated alkanes) is 2. The van der Waals surface area contributed by atoms with E-state index in [0.717, 1.165) is 25.8 Å². The summed E-state index contributed by atoms with van der Waals surface area (Å²) in [6.45, 7) is 2.98. The monoisotopic (exact) mass is 156 g/mol. The van der Waals surface area contributed by atoms with Crippen molar-refractivity contribution < 1.29 is 5.11 Å². The molecular formula is C8H16N2O. The number of nitrogens with zero attached hydrogens (tertiary/aromatic N) is 1. The molecule has 0 aromatic carbocycles. The summed E-state index contributed by atoms with van der Waals surface area (Å²) in [7, 11) is 0. The summed E-state index contributed by atoms with van der Waals surface area (Å²) in [5.74, 6) is 0. The summed E-state index contributed by atoms with van der Waals surface area (Å²) in [4.78, 5) is 0. The number of rotatable bonds is 6. The first-order chi connectivity index (χ1) is 5.31. The Bertz CT molecular complexity index is 120. The first kappa shape index (κ1) is 10.4. The van der Waals surface area contributed by atoms with Crippen LogP contribution in [0.4, 0.5) is 0 Å². The quantitative estimate of drug-likeness (QED) is 0.555. The van der Waals surface area contributed by atoms with Gasteiger partial charge in [0.15, 0.2) is 0 Å². The Morgan fingerprint density at radius 3 is 2.73 bits per heavy atom. The largest absolute Gasteiger partial charge is 0.396 e. The second kappa shape index (κ2) is 7.52. The lowest BCUT2D eigenvalue weighted by Crippen LogP contribution is -2.25. The van der Waals surface area contributed by atoms with Crippen molar-refractivity contribution in [3.8, 4) is 6.07 Å². The van der Waals surface area contributed by atoms with Crippen LogP contribution in [-0.2, 0) is 0 Å². The minimum Gasteiger partial charge on any atom is -0.396 e. The van der Waals surface area contributed by atoms with Crippen LogP contribution < -0.4 is 5.32 Å². The van der Waals surface area contributed by atoms with Crippen LogP contribution in [-0.4, -0.2) is 24.3 Å². The van der Waals surface area contributed by atoms with Gasteiger partial charge < -0.3 is 10.4 Å². The minimum absolute atomic E-state index is 0.0517. The Kier molecular flexibility index (Phi) is 7.11. The molecular weight excluding hydrogens is 140 g/mol. The van der Waals surface area contributed by atoms with Gasteiger partial charge in [-0.15, -0.1) is 0 Å². The van der Waals surface area contributed by atoms with E-state index in [2.05, 4.69) is 11.4 Å². The van der Waals surface area contributed by atoms with Crippen molar-refractivity contribution in [2.24, 2.45) is 0 Å². The third kappa shape index (κ3) is 7.31. The molecule has 64 valence electrons. The third-order valence-electron chi connectivity index (χ3n) is 1.48. The topological polar surface area (TPSA) is 56.0 Å². The molecule has 0 aromatic rings. The molecule has 1 unspecified atom stereocenters. The molecule has 2 N–H and O–H groups in total. The van der Waals surface area contributed by atoms with Gasteiger partial charge in [-0.3, -0.25) is 0 Å². The van der Waals surface area contributed by atoms with E-state index in [-0.39, 0.29) is 12.6 Å². The van der Waals surface area contributed by atoms with Crippen molar-refractivity contribution in [3.63, 3.8) is 0 Å². The molecule has 0 aliphatic carbocycles. The molecule has 0 saturated carbocycles. The standard InChI is InChI=1S/C8H16N2O/c1-8(7-9)10-5-3-2-4-6-11/h8,10-11H,2-6H2,1H3. The Balaban J connectivity index is 2.97. The van der Waals surface area contributed by atoms with E-state index >= 15 is 0 Å². The van der Waals surface area contributed by atoms with Gasteiger partial charge in [-0.25, -0.2) is 0 Å². The fourth-order valence-corrected chi connectivity index (χ4v) is 0.778. The number of hydrogen-bond donors (Lipinski definition) is 2. The second-order valence-electron chi connectivity index (χ2n) is 2.59. The lowest BCUT2D eigenvalue weighted by molar-refractivity contribution is 0.282. The van der Waals surface area contributed by atoms with Gasteiger partial charge in [-0.2, -0.15) is 5.26 Å². The molecule has 3 nitrogen and oxygen atoms in total. The van der Waals surface area contributed by atoms with E-state index < -0.39 is 0 Å². The van der Waals surface area contributed by atoms with Crippen molar-refractivity contribution in [2.45, 2.75) is 32.2 Å². The van der Waals surface area contributed by atoms with Crippen LogP contribution in [0.1, 0.15) is 26.2 Å². The van der Waals surface area contributed by atoms with E-state index in [1.54, 1.807) is 0 Å². The van der Waals surface area contributed by atoms with Crippen LogP contribution in [0.15, 0.2) is 0 Å². The lowest BCUT2D eigenvalue weighted by atomic mass is 10.2. The molecule has 0 heterocycles. The third-order valence-corrected chi connectivity index (χ3v) is 1.48. The number of hydrogen-bond acceptors (Lipinski definition) is 3. The molecule has 3 heteroatoms. The van der Waals surface area contributed by atoms with E-state index in [4.69, 9.17) is 10.4 Å². The van der Waals surface area contributed by atoms with E-state index in [1.807, 2.05) is 6.92 Å². The average molecular weight is 156 g/mol. The molecule has 0 fully saturated rings. The summed E-state index contributed by atoms with van der Waals surface area (Å²) in [6, 6.07) is 2.04. The highest BCUT2D eigenvalue weighted by molar-refractivity contribution is 4.84. The van der Waals surface area contributed by atoms with E-state index in [0.29, 0.717) is 0 Å². The average Bonchev–Trinajstić information content (AvgIpc) is 2.04. The molecule has 0 aliphatic rings. The highest BCUT2D eigenvalue weighted by atomic mass is 16.2. The summed E-state index contributed by atoms with van der Waals surface area (Å²) in [6.07, 6.45) is 2.93. The molecule has 0 saturated heterocycles. The lowest BCUT2D eigenvalue weighted by Gasteiger charge is -2.04. The van der Waals surface area contributed by atoms with Gasteiger partial charge in [0.05, 0.1) is 12.1 Å². The number of aliphatic hydroxyl groups excluding tert-OH is 1. The van der Waals surface area contributed by atoms with Gasteiger partial charge >= 0.3 is 0 Å². The van der Waals surface area contributed by atoms with Gasteiger partial charge in [0.25, 0.3) is 0 Å². The van der Waals surface area contributed by atoms with Gasteiger partial charge in [0, 0.05) is 6.61 Å². The van der Waals surface area contributed by atoms with Crippen molar-refractivity contribution in [3.05, 3.63) is 0 Å². The van der Waals surface area contributed by atoms with Gasteiger partial charge in [-0.05, 0) is 32.7 Å². The first-order valence-corrected chi connectivity index (χ1v) is 4.05. The zero-order valence-corrected chi connectivity index (χ0v) is 7.01. The van der Waals surface area contributed by atoms with Crippen LogP contribution in [0.3, 0.4) is 0 Å². The van der Waals surface area contributed by atoms with Crippen LogP contribution in [0.25, 0.3) is 0 Å². The minimum atomic E-state index is -0.0517. The predicted molar refractivity (Wildman–Crippen MR) is 44.0 cm³/mol. The van der Waals surface area contributed by atoms with Crippen LogP contribution in [0.5, 0.6) is 0 Å². The van der Waals surface area contributed by atoms with E-state index in [1.165, 1.54) is 0 Å². The maximum Gasteiger partial charge on any atom is 0.0924 e. The number of nitriles is 1. The fraction of sp³-hybridized carbons (Fsp3) is 0.875. The highest BCUT2D eigenvalue weighted by Gasteiger charge is 1.95. The molecule has 0 bridgehead atoms. The fourth-order valence-electron chi connectivity index (χ4n) is 0.778. The molecule has 0 aromatic heterocycles. The predicted octanol–water partition coefficient (Wildman–Crippen LogP) is 0.651. The summed E-state index contributed by atoms with van der Waals surface area (Å²) < 4.78 is 0. The zero-order chi connectivity index (χ0) is 8.53. The SMILES string of the molecule is CC(C#N)NCCCCCO. The molecule has 0 spiro atoms. The summed E-state index contributed by atoms with van der Waals surface area (Å²) in [5, 5.41) is 19.9. The van der Waals surface area contributed by atoms with Crippen molar-refractivity contribution in [1.29, 1.82) is 5.26 Å². The smallest absolute Gasteiger partial charge is 0.0924 e. The Hall–Kier alpha value is -0.590. The Labute approximate surface area is 68.0 Å². The first-order valence-electron chi connectivity index (χ1n) is 4.05. The van der Waals surface area contributed by atoms with Crippen LogP contribution in [0.2, 0.25) is 0 Å². The number of aliphatic hydroxyl groups is 1. The molecule has 11 heavy (non-hydrogen) atoms. The molecule has 0 amide bonds. The van der Waals surface area contributed by atoms with Crippen molar-refractivity contribution in [1.82, 2.24) is 5.32 Å². The summed E-state index contributed by atoms with van der Waals surface area (Å²) in [5.41, 5.74) is 0. The van der Waals surface area contributed by atoms with Gasteiger partial charge in [-0.1, -0.05) is 0 Å². The van der Waals surface area contributed by atoms with E-state index in [9.17, 15) is 0 Å². The Morgan fingerprint density at radius 1 is 1.45 bits per heavy atom. The highest BCUT2D eigenvalue weighted by Crippen LogP contribution is 1.92. The maximum absolute atomic E-state index is 8.45. The molecule has 1 atom stereocenters. The zero-order valence-electron chi connectivity index (χ0n) is 7.01.